The van der Waals surface area contributed by atoms with E-state index in [9.17, 15) is 0 Å². The van der Waals surface area contributed by atoms with E-state index in [1.807, 2.05) is 36.4 Å². The first kappa shape index (κ1) is 12.4. The molecule has 0 fully saturated rings. The first-order valence-corrected chi connectivity index (χ1v) is 6.61. The summed E-state index contributed by atoms with van der Waals surface area (Å²) in [4.78, 5) is 4.14. The third kappa shape index (κ3) is 2.68. The van der Waals surface area contributed by atoms with Gasteiger partial charge in [-0.3, -0.25) is 0 Å². The van der Waals surface area contributed by atoms with Crippen LogP contribution in [0.1, 0.15) is 5.69 Å². The van der Waals surface area contributed by atoms with Gasteiger partial charge in [-0.25, -0.2) is 4.98 Å². The maximum atomic E-state index is 8.81. The summed E-state index contributed by atoms with van der Waals surface area (Å²) in [6.45, 7) is 0. The van der Waals surface area contributed by atoms with Crippen LogP contribution in [-0.2, 0) is 0 Å². The molecule has 0 aliphatic carbocycles. The fraction of sp³-hybridized carbons (Fsp3) is 0. The number of benzene rings is 1. The van der Waals surface area contributed by atoms with Gasteiger partial charge in [0.2, 0.25) is 5.89 Å². The molecule has 0 saturated heterocycles. The van der Waals surface area contributed by atoms with Gasteiger partial charge in [-0.1, -0.05) is 24.3 Å². The van der Waals surface area contributed by atoms with E-state index in [0.717, 1.165) is 5.56 Å². The third-order valence-electron chi connectivity index (χ3n) is 2.46. The minimum Gasteiger partial charge on any atom is -0.411 e. The van der Waals surface area contributed by atoms with Gasteiger partial charge in [0.05, 0.1) is 0 Å². The minimum absolute atomic E-state index is 0.359. The Labute approximate surface area is 119 Å². The third-order valence-corrected chi connectivity index (χ3v) is 3.23. The highest BCUT2D eigenvalue weighted by atomic mass is 32.2. The Kier molecular flexibility index (Phi) is 3.44. The number of rotatable bonds is 3. The predicted octanol–water partition coefficient (Wildman–Crippen LogP) is 3.15. The van der Waals surface area contributed by atoms with Gasteiger partial charge in [-0.2, -0.15) is 5.26 Å². The minimum atomic E-state index is 0.359. The molecule has 2 aromatic heterocycles. The van der Waals surface area contributed by atoms with E-state index in [-0.39, 0.29) is 0 Å². The normalized spacial score (nSPS) is 10.2. The van der Waals surface area contributed by atoms with Crippen molar-refractivity contribution >= 4 is 11.8 Å². The van der Waals surface area contributed by atoms with Gasteiger partial charge in [0.25, 0.3) is 5.22 Å². The molecule has 3 rings (SSSR count). The molecule has 1 aromatic carbocycles. The largest absolute Gasteiger partial charge is 0.411 e. The SMILES string of the molecule is N#Cc1cccc(Sc2nnc(-c3ccccc3)o2)n1. The van der Waals surface area contributed by atoms with E-state index in [1.165, 1.54) is 11.8 Å². The number of hydrogen-bond acceptors (Lipinski definition) is 6. The molecule has 0 spiro atoms. The summed E-state index contributed by atoms with van der Waals surface area (Å²) in [7, 11) is 0. The van der Waals surface area contributed by atoms with Crippen LogP contribution < -0.4 is 0 Å². The molecule has 0 amide bonds. The van der Waals surface area contributed by atoms with Crippen molar-refractivity contribution in [2.24, 2.45) is 0 Å². The lowest BCUT2D eigenvalue weighted by atomic mass is 10.2. The summed E-state index contributed by atoms with van der Waals surface area (Å²) < 4.78 is 5.56. The molecular formula is C14H8N4OS. The number of hydrogen-bond donors (Lipinski definition) is 0. The zero-order valence-corrected chi connectivity index (χ0v) is 11.0. The van der Waals surface area contributed by atoms with Crippen LogP contribution in [0.2, 0.25) is 0 Å². The summed E-state index contributed by atoms with van der Waals surface area (Å²) in [6, 6.07) is 16.7. The van der Waals surface area contributed by atoms with E-state index < -0.39 is 0 Å². The Hall–Kier alpha value is -2.65. The number of aromatic nitrogens is 3. The Morgan fingerprint density at radius 1 is 1.00 bits per heavy atom. The van der Waals surface area contributed by atoms with E-state index in [1.54, 1.807) is 18.2 Å². The summed E-state index contributed by atoms with van der Waals surface area (Å²) in [5.74, 6) is 0.463. The smallest absolute Gasteiger partial charge is 0.283 e. The zero-order chi connectivity index (χ0) is 13.8. The van der Waals surface area contributed by atoms with Crippen LogP contribution in [0, 0.1) is 11.3 Å². The van der Waals surface area contributed by atoms with Crippen LogP contribution in [0.15, 0.2) is 63.2 Å². The van der Waals surface area contributed by atoms with Crippen molar-refractivity contribution in [1.82, 2.24) is 15.2 Å². The highest BCUT2D eigenvalue weighted by Crippen LogP contribution is 2.27. The molecule has 6 heteroatoms. The lowest BCUT2D eigenvalue weighted by Crippen LogP contribution is -1.84. The van der Waals surface area contributed by atoms with Crippen molar-refractivity contribution in [2.75, 3.05) is 0 Å². The second kappa shape index (κ2) is 5.55. The van der Waals surface area contributed by atoms with Gasteiger partial charge in [0.1, 0.15) is 16.8 Å². The first-order chi connectivity index (χ1) is 9.85. The molecule has 0 aliphatic heterocycles. The highest BCUT2D eigenvalue weighted by molar-refractivity contribution is 7.99. The molecule has 0 unspecified atom stereocenters. The summed E-state index contributed by atoms with van der Waals surface area (Å²) in [5.41, 5.74) is 1.23. The van der Waals surface area contributed by atoms with E-state index in [0.29, 0.717) is 21.8 Å². The number of nitrogens with zero attached hydrogens (tertiary/aromatic N) is 4. The average molecular weight is 280 g/mol. The van der Waals surface area contributed by atoms with Gasteiger partial charge in [0, 0.05) is 5.56 Å². The van der Waals surface area contributed by atoms with Crippen molar-refractivity contribution in [3.63, 3.8) is 0 Å². The van der Waals surface area contributed by atoms with Gasteiger partial charge in [-0.05, 0) is 36.0 Å². The fourth-order valence-electron chi connectivity index (χ4n) is 1.57. The topological polar surface area (TPSA) is 75.6 Å². The zero-order valence-electron chi connectivity index (χ0n) is 10.2. The van der Waals surface area contributed by atoms with Crippen molar-refractivity contribution in [2.45, 2.75) is 10.2 Å². The number of pyridine rings is 1. The van der Waals surface area contributed by atoms with Crippen LogP contribution in [0.4, 0.5) is 0 Å². The summed E-state index contributed by atoms with van der Waals surface area (Å²) >= 11 is 1.23. The molecule has 2 heterocycles. The Morgan fingerprint density at radius 2 is 1.85 bits per heavy atom. The molecule has 0 aliphatic rings. The molecular weight excluding hydrogens is 272 g/mol. The van der Waals surface area contributed by atoms with Gasteiger partial charge in [0.15, 0.2) is 0 Å². The summed E-state index contributed by atoms with van der Waals surface area (Å²) in [6.07, 6.45) is 0. The first-order valence-electron chi connectivity index (χ1n) is 5.79. The van der Waals surface area contributed by atoms with Crippen molar-refractivity contribution < 1.29 is 4.42 Å². The van der Waals surface area contributed by atoms with Crippen molar-refractivity contribution in [3.05, 3.63) is 54.2 Å². The average Bonchev–Trinajstić information content (AvgIpc) is 2.97. The van der Waals surface area contributed by atoms with Crippen LogP contribution >= 0.6 is 11.8 Å². The second-order valence-corrected chi connectivity index (χ2v) is 4.79. The van der Waals surface area contributed by atoms with Crippen molar-refractivity contribution in [1.29, 1.82) is 5.26 Å². The molecule has 3 aromatic rings. The van der Waals surface area contributed by atoms with Gasteiger partial charge in [-0.15, -0.1) is 10.2 Å². The van der Waals surface area contributed by atoms with Gasteiger partial charge < -0.3 is 4.42 Å². The molecule has 0 bridgehead atoms. The van der Waals surface area contributed by atoms with Crippen LogP contribution in [0.5, 0.6) is 0 Å². The molecule has 0 atom stereocenters. The highest BCUT2D eigenvalue weighted by Gasteiger charge is 2.10. The molecule has 5 nitrogen and oxygen atoms in total. The maximum Gasteiger partial charge on any atom is 0.283 e. The lowest BCUT2D eigenvalue weighted by molar-refractivity contribution is 0.465. The van der Waals surface area contributed by atoms with Crippen LogP contribution in [-0.4, -0.2) is 15.2 Å². The van der Waals surface area contributed by atoms with E-state index >= 15 is 0 Å². The monoisotopic (exact) mass is 280 g/mol. The Morgan fingerprint density at radius 3 is 2.65 bits per heavy atom. The van der Waals surface area contributed by atoms with Gasteiger partial charge >= 0.3 is 0 Å². The Balaban J connectivity index is 1.83. The predicted molar refractivity (Wildman–Crippen MR) is 72.8 cm³/mol. The second-order valence-electron chi connectivity index (χ2n) is 3.81. The van der Waals surface area contributed by atoms with E-state index in [2.05, 4.69) is 15.2 Å². The molecule has 0 saturated carbocycles. The van der Waals surface area contributed by atoms with Crippen LogP contribution in [0.25, 0.3) is 11.5 Å². The Bertz CT molecular complexity index is 764. The molecule has 20 heavy (non-hydrogen) atoms. The molecule has 96 valence electrons. The lowest BCUT2D eigenvalue weighted by Gasteiger charge is -1.95. The molecule has 0 radical (unpaired) electrons. The maximum absolute atomic E-state index is 8.81. The quantitative estimate of drug-likeness (QED) is 0.733. The standard InChI is InChI=1S/C14H8N4OS/c15-9-11-7-4-8-12(16-11)20-14-18-17-13(19-14)10-5-2-1-3-6-10/h1-8H. The number of nitriles is 1. The molecule has 0 N–H and O–H groups in total. The summed E-state index contributed by atoms with van der Waals surface area (Å²) in [5, 5.41) is 17.8. The van der Waals surface area contributed by atoms with Crippen molar-refractivity contribution in [3.8, 4) is 17.5 Å². The van der Waals surface area contributed by atoms with Crippen LogP contribution in [0.3, 0.4) is 0 Å². The fourth-order valence-corrected chi connectivity index (χ4v) is 2.24. The van der Waals surface area contributed by atoms with E-state index in [4.69, 9.17) is 9.68 Å².